The molecule has 102 valence electrons. The third-order valence-electron chi connectivity index (χ3n) is 2.83. The van der Waals surface area contributed by atoms with Crippen LogP contribution in [0.5, 0.6) is 5.75 Å². The Hall–Kier alpha value is -1.29. The average molecular weight is 254 g/mol. The summed E-state index contributed by atoms with van der Waals surface area (Å²) in [6.45, 7) is 4.28. The highest BCUT2D eigenvalue weighted by Gasteiger charge is 2.07. The minimum atomic E-state index is -0.295. The molecule has 0 radical (unpaired) electrons. The number of nitrogens with zero attached hydrogens (tertiary/aromatic N) is 1. The molecule has 1 rings (SSSR count). The van der Waals surface area contributed by atoms with Gasteiger partial charge in [-0.25, -0.2) is 4.39 Å². The van der Waals surface area contributed by atoms with Crippen molar-refractivity contribution in [2.24, 2.45) is 0 Å². The normalized spacial score (nSPS) is 10.4. The van der Waals surface area contributed by atoms with E-state index in [0.717, 1.165) is 31.6 Å². The van der Waals surface area contributed by atoms with Crippen molar-refractivity contribution in [2.45, 2.75) is 19.8 Å². The molecule has 0 aliphatic heterocycles. The van der Waals surface area contributed by atoms with Gasteiger partial charge in [-0.3, -0.25) is 0 Å². The van der Waals surface area contributed by atoms with Crippen LogP contribution in [-0.2, 0) is 0 Å². The molecule has 0 saturated carbocycles. The quantitative estimate of drug-likeness (QED) is 0.722. The Kier molecular flexibility index (Phi) is 6.50. The van der Waals surface area contributed by atoms with E-state index in [9.17, 15) is 4.39 Å². The predicted octanol–water partition coefficient (Wildman–Crippen LogP) is 2.66. The van der Waals surface area contributed by atoms with Crippen LogP contribution in [0, 0.1) is 5.82 Å². The number of hydrogen-bond donors (Lipinski definition) is 1. The first-order valence-corrected chi connectivity index (χ1v) is 6.47. The second-order valence-corrected chi connectivity index (χ2v) is 4.28. The van der Waals surface area contributed by atoms with Gasteiger partial charge in [-0.05, 0) is 45.5 Å². The number of unbranched alkanes of at least 4 members (excludes halogenated alkanes) is 1. The van der Waals surface area contributed by atoms with Gasteiger partial charge in [0.2, 0.25) is 0 Å². The molecule has 3 nitrogen and oxygen atoms in total. The van der Waals surface area contributed by atoms with Crippen LogP contribution in [-0.4, -0.2) is 33.8 Å². The summed E-state index contributed by atoms with van der Waals surface area (Å²) in [5.41, 5.74) is 0.889. The fourth-order valence-electron chi connectivity index (χ4n) is 1.78. The number of rotatable bonds is 8. The highest BCUT2D eigenvalue weighted by atomic mass is 19.1. The summed E-state index contributed by atoms with van der Waals surface area (Å²) in [4.78, 5) is 2.06. The van der Waals surface area contributed by atoms with Crippen LogP contribution in [0.3, 0.4) is 0 Å². The molecule has 0 unspecified atom stereocenters. The molecule has 0 spiro atoms. The zero-order valence-corrected chi connectivity index (χ0v) is 11.5. The lowest BCUT2D eigenvalue weighted by Gasteiger charge is -2.19. The van der Waals surface area contributed by atoms with Crippen LogP contribution >= 0.6 is 0 Å². The maximum Gasteiger partial charge on any atom is 0.167 e. The summed E-state index contributed by atoms with van der Waals surface area (Å²) in [6, 6.07) is 5.12. The summed E-state index contributed by atoms with van der Waals surface area (Å²) in [5.74, 6) is 0.0289. The summed E-state index contributed by atoms with van der Waals surface area (Å²) in [5, 5.41) is 3.12. The van der Waals surface area contributed by atoms with Gasteiger partial charge in [0.05, 0.1) is 6.61 Å². The van der Waals surface area contributed by atoms with E-state index in [4.69, 9.17) is 4.74 Å². The Morgan fingerprint density at radius 3 is 2.72 bits per heavy atom. The Balaban J connectivity index is 2.52. The Labute approximate surface area is 109 Å². The topological polar surface area (TPSA) is 24.5 Å². The third-order valence-corrected chi connectivity index (χ3v) is 2.83. The van der Waals surface area contributed by atoms with E-state index in [1.54, 1.807) is 6.07 Å². The van der Waals surface area contributed by atoms with E-state index in [2.05, 4.69) is 10.2 Å². The second-order valence-electron chi connectivity index (χ2n) is 4.28. The summed E-state index contributed by atoms with van der Waals surface area (Å²) >= 11 is 0. The van der Waals surface area contributed by atoms with Gasteiger partial charge in [0.15, 0.2) is 11.6 Å². The molecular weight excluding hydrogens is 231 g/mol. The molecule has 0 fully saturated rings. The minimum absolute atomic E-state index is 0.295. The first-order valence-electron chi connectivity index (χ1n) is 6.47. The van der Waals surface area contributed by atoms with E-state index in [-0.39, 0.29) is 5.82 Å². The molecule has 0 aromatic heterocycles. The number of halogens is 1. The number of nitrogens with one attached hydrogen (secondary N) is 1. The van der Waals surface area contributed by atoms with Crippen LogP contribution < -0.4 is 15.0 Å². The number of benzene rings is 1. The van der Waals surface area contributed by atoms with Gasteiger partial charge >= 0.3 is 0 Å². The van der Waals surface area contributed by atoms with Crippen molar-refractivity contribution in [3.63, 3.8) is 0 Å². The summed E-state index contributed by atoms with van der Waals surface area (Å²) in [6.07, 6.45) is 2.21. The SMILES string of the molecule is CCOc1ccc(N(C)CCCCNC)cc1F. The molecular formula is C14H23FN2O. The number of hydrogen-bond acceptors (Lipinski definition) is 3. The number of ether oxygens (including phenoxy) is 1. The molecule has 1 N–H and O–H groups in total. The smallest absolute Gasteiger partial charge is 0.167 e. The van der Waals surface area contributed by atoms with Gasteiger partial charge in [-0.1, -0.05) is 0 Å². The Morgan fingerprint density at radius 1 is 1.33 bits per heavy atom. The Morgan fingerprint density at radius 2 is 2.11 bits per heavy atom. The van der Waals surface area contributed by atoms with Crippen LogP contribution in [0.4, 0.5) is 10.1 Å². The maximum absolute atomic E-state index is 13.7. The van der Waals surface area contributed by atoms with Gasteiger partial charge in [0, 0.05) is 25.3 Å². The van der Waals surface area contributed by atoms with Crippen LogP contribution in [0.2, 0.25) is 0 Å². The molecule has 0 saturated heterocycles. The fourth-order valence-corrected chi connectivity index (χ4v) is 1.78. The first-order chi connectivity index (χ1) is 8.69. The van der Waals surface area contributed by atoms with Crippen LogP contribution in [0.1, 0.15) is 19.8 Å². The van der Waals surface area contributed by atoms with Crippen LogP contribution in [0.25, 0.3) is 0 Å². The summed E-state index contributed by atoms with van der Waals surface area (Å²) < 4.78 is 18.9. The molecule has 0 atom stereocenters. The van der Waals surface area contributed by atoms with Gasteiger partial charge in [-0.15, -0.1) is 0 Å². The van der Waals surface area contributed by atoms with E-state index in [1.807, 2.05) is 27.1 Å². The van der Waals surface area contributed by atoms with Gasteiger partial charge in [0.25, 0.3) is 0 Å². The lowest BCUT2D eigenvalue weighted by molar-refractivity contribution is 0.321. The van der Waals surface area contributed by atoms with Gasteiger partial charge in [-0.2, -0.15) is 0 Å². The highest BCUT2D eigenvalue weighted by molar-refractivity contribution is 5.49. The zero-order chi connectivity index (χ0) is 13.4. The molecule has 0 aliphatic carbocycles. The van der Waals surface area contributed by atoms with Crippen LogP contribution in [0.15, 0.2) is 18.2 Å². The molecule has 4 heteroatoms. The molecule has 0 amide bonds. The lowest BCUT2D eigenvalue weighted by Crippen LogP contribution is -2.20. The monoisotopic (exact) mass is 254 g/mol. The van der Waals surface area contributed by atoms with Crippen molar-refractivity contribution < 1.29 is 9.13 Å². The zero-order valence-electron chi connectivity index (χ0n) is 11.5. The van der Waals surface area contributed by atoms with E-state index in [1.165, 1.54) is 6.07 Å². The molecule has 1 aromatic rings. The van der Waals surface area contributed by atoms with Gasteiger partial charge in [0.1, 0.15) is 0 Å². The van der Waals surface area contributed by atoms with Crippen molar-refractivity contribution in [1.29, 1.82) is 0 Å². The van der Waals surface area contributed by atoms with Crippen molar-refractivity contribution in [3.8, 4) is 5.75 Å². The van der Waals surface area contributed by atoms with Crippen molar-refractivity contribution in [2.75, 3.05) is 38.7 Å². The van der Waals surface area contributed by atoms with Gasteiger partial charge < -0.3 is 15.0 Å². The van der Waals surface area contributed by atoms with Crippen molar-refractivity contribution in [1.82, 2.24) is 5.32 Å². The van der Waals surface area contributed by atoms with Crippen molar-refractivity contribution in [3.05, 3.63) is 24.0 Å². The van der Waals surface area contributed by atoms with E-state index >= 15 is 0 Å². The maximum atomic E-state index is 13.7. The van der Waals surface area contributed by atoms with E-state index in [0.29, 0.717) is 12.4 Å². The molecule has 1 aromatic carbocycles. The lowest BCUT2D eigenvalue weighted by atomic mass is 10.2. The summed E-state index contributed by atoms with van der Waals surface area (Å²) in [7, 11) is 3.93. The van der Waals surface area contributed by atoms with E-state index < -0.39 is 0 Å². The second kappa shape index (κ2) is 7.93. The van der Waals surface area contributed by atoms with Crippen molar-refractivity contribution >= 4 is 5.69 Å². The fraction of sp³-hybridized carbons (Fsp3) is 0.571. The molecule has 0 aliphatic rings. The standard InChI is InChI=1S/C14H23FN2O/c1-4-18-14-8-7-12(11-13(14)15)17(3)10-6-5-9-16-2/h7-8,11,16H,4-6,9-10H2,1-3H3. The number of anilines is 1. The largest absolute Gasteiger partial charge is 0.491 e. The predicted molar refractivity (Wildman–Crippen MR) is 74.0 cm³/mol. The Bertz CT molecular complexity index is 358. The molecule has 18 heavy (non-hydrogen) atoms. The average Bonchev–Trinajstić information content (AvgIpc) is 2.37. The molecule has 0 bridgehead atoms. The highest BCUT2D eigenvalue weighted by Crippen LogP contribution is 2.23. The first kappa shape index (κ1) is 14.8. The minimum Gasteiger partial charge on any atom is -0.491 e. The third kappa shape index (κ3) is 4.53. The molecule has 0 heterocycles.